The largest absolute Gasteiger partial charge is 0.490 e. The minimum Gasteiger partial charge on any atom is -0.490 e. The summed E-state index contributed by atoms with van der Waals surface area (Å²) in [5.41, 5.74) is -1.83. The first-order chi connectivity index (χ1) is 27.3. The van der Waals surface area contributed by atoms with Crippen LogP contribution in [0.5, 0.6) is 17.2 Å². The molecule has 0 saturated heterocycles. The third-order valence-corrected chi connectivity index (χ3v) is 11.0. The van der Waals surface area contributed by atoms with E-state index in [0.717, 1.165) is 5.56 Å². The Labute approximate surface area is 326 Å². The van der Waals surface area contributed by atoms with Crippen molar-refractivity contribution in [2.45, 2.75) is 17.4 Å². The number of carboxylic acid groups (broad SMARTS) is 3. The molecule has 7 rings (SSSR count). The van der Waals surface area contributed by atoms with Gasteiger partial charge in [-0.25, -0.2) is 22.8 Å². The minimum atomic E-state index is -4.47. The van der Waals surface area contributed by atoms with Crippen LogP contribution in [0.2, 0.25) is 0 Å². The van der Waals surface area contributed by atoms with E-state index in [0.29, 0.717) is 32.3 Å². The number of hydrogen-bond acceptors (Lipinski definition) is 8. The van der Waals surface area contributed by atoms with Gasteiger partial charge in [0, 0.05) is 0 Å². The summed E-state index contributed by atoms with van der Waals surface area (Å²) in [5.74, 6) is -4.23. The number of fused-ring (bicyclic) bond motifs is 3. The van der Waals surface area contributed by atoms with Gasteiger partial charge < -0.3 is 29.5 Å². The highest BCUT2D eigenvalue weighted by atomic mass is 32.2. The van der Waals surface area contributed by atoms with Crippen LogP contribution in [0.25, 0.3) is 32.3 Å². The van der Waals surface area contributed by atoms with Crippen LogP contribution in [0.4, 0.5) is 0 Å². The molecule has 0 atom stereocenters. The van der Waals surface area contributed by atoms with Crippen LogP contribution >= 0.6 is 0 Å². The lowest BCUT2D eigenvalue weighted by molar-refractivity contribution is 0.0668. The average molecular weight is 786 g/mol. The van der Waals surface area contributed by atoms with Crippen molar-refractivity contribution >= 4 is 60.2 Å². The van der Waals surface area contributed by atoms with E-state index in [1.54, 1.807) is 91.9 Å². The molecule has 0 bridgehead atoms. The number of nitrogens with one attached hydrogen (secondary N) is 1. The lowest BCUT2D eigenvalue weighted by atomic mass is 10.0. The quantitative estimate of drug-likeness (QED) is 0.0795. The van der Waals surface area contributed by atoms with Crippen LogP contribution in [-0.4, -0.2) is 67.0 Å². The van der Waals surface area contributed by atoms with Crippen LogP contribution in [0.3, 0.4) is 0 Å². The van der Waals surface area contributed by atoms with Crippen LogP contribution in [-0.2, 0) is 10.0 Å². The Morgan fingerprint density at radius 2 is 0.807 bits per heavy atom. The summed E-state index contributed by atoms with van der Waals surface area (Å²) in [6, 6.07) is 35.9. The van der Waals surface area contributed by atoms with Crippen molar-refractivity contribution in [2.24, 2.45) is 0 Å². The van der Waals surface area contributed by atoms with Crippen LogP contribution in [0.15, 0.2) is 138 Å². The molecule has 0 aliphatic heterocycles. The lowest BCUT2D eigenvalue weighted by Gasteiger charge is -2.34. The van der Waals surface area contributed by atoms with E-state index in [9.17, 15) is 38.1 Å². The fourth-order valence-corrected chi connectivity index (χ4v) is 7.80. The maximum atomic E-state index is 14.3. The van der Waals surface area contributed by atoms with E-state index >= 15 is 0 Å². The molecule has 0 heterocycles. The van der Waals surface area contributed by atoms with Gasteiger partial charge in [-0.1, -0.05) is 90.5 Å². The zero-order valence-electron chi connectivity index (χ0n) is 30.3. The number of aryl methyl sites for hydroxylation is 1. The fourth-order valence-electron chi connectivity index (χ4n) is 6.44. The summed E-state index contributed by atoms with van der Waals surface area (Å²) in [5, 5.41) is 34.4. The first-order valence-corrected chi connectivity index (χ1v) is 19.1. The number of carbonyl (C=O) groups is 3. The standard InChI is InChI=1S/C44H35NO11S/c1-27-14-16-34(17-15-27)57(52,53)45-44(24-54-38-21-31-11-5-2-8-28(31)18-35(38)41(46)47,25-55-39-22-32-12-6-3-9-29(32)19-36(39)42(48)49)26-56-40-23-33-13-7-4-10-30(33)20-37(40)43(50)51/h2-23,45H,24-26H2,1H3,(H,46,47)(H,48,49)(H,50,51). The summed E-state index contributed by atoms with van der Waals surface area (Å²) < 4.78 is 50.0. The van der Waals surface area contributed by atoms with Gasteiger partial charge in [0.15, 0.2) is 0 Å². The molecule has 0 aromatic heterocycles. The number of benzene rings is 7. The molecule has 12 nitrogen and oxygen atoms in total. The molecule has 0 saturated carbocycles. The molecule has 0 spiro atoms. The van der Waals surface area contributed by atoms with Gasteiger partial charge in [-0.05, 0) is 87.8 Å². The zero-order chi connectivity index (χ0) is 40.3. The minimum absolute atomic E-state index is 0.103. The molecule has 0 unspecified atom stereocenters. The molecule has 7 aromatic carbocycles. The van der Waals surface area contributed by atoms with Crippen molar-refractivity contribution in [2.75, 3.05) is 19.8 Å². The lowest BCUT2D eigenvalue weighted by Crippen LogP contribution is -2.60. The fraction of sp³-hybridized carbons (Fsp3) is 0.114. The van der Waals surface area contributed by atoms with Gasteiger partial charge in [-0.3, -0.25) is 0 Å². The van der Waals surface area contributed by atoms with Gasteiger partial charge in [-0.15, -0.1) is 0 Å². The summed E-state index contributed by atoms with van der Waals surface area (Å²) in [4.78, 5) is 37.4. The van der Waals surface area contributed by atoms with E-state index in [4.69, 9.17) is 14.2 Å². The van der Waals surface area contributed by atoms with Gasteiger partial charge in [0.05, 0.1) is 4.90 Å². The molecule has 13 heteroatoms. The van der Waals surface area contributed by atoms with Crippen molar-refractivity contribution in [3.63, 3.8) is 0 Å². The van der Waals surface area contributed by atoms with Gasteiger partial charge in [0.25, 0.3) is 0 Å². The highest BCUT2D eigenvalue weighted by Gasteiger charge is 2.40. The topological polar surface area (TPSA) is 186 Å². The molecule has 0 amide bonds. The molecule has 0 aliphatic rings. The van der Waals surface area contributed by atoms with E-state index in [1.165, 1.54) is 48.5 Å². The van der Waals surface area contributed by atoms with E-state index < -0.39 is 53.3 Å². The predicted molar refractivity (Wildman–Crippen MR) is 213 cm³/mol. The first kappa shape index (κ1) is 38.3. The Morgan fingerprint density at radius 3 is 1.11 bits per heavy atom. The molecule has 7 aromatic rings. The third kappa shape index (κ3) is 8.34. The van der Waals surface area contributed by atoms with Gasteiger partial charge >= 0.3 is 17.9 Å². The van der Waals surface area contributed by atoms with Gasteiger partial charge in [-0.2, -0.15) is 4.72 Å². The predicted octanol–water partition coefficient (Wildman–Crippen LogP) is 7.80. The normalized spacial score (nSPS) is 11.7. The second-order valence-corrected chi connectivity index (χ2v) is 15.2. The third-order valence-electron chi connectivity index (χ3n) is 9.43. The van der Waals surface area contributed by atoms with Crippen molar-refractivity contribution in [1.82, 2.24) is 4.72 Å². The Balaban J connectivity index is 1.37. The summed E-state index contributed by atoms with van der Waals surface area (Å²) in [6.45, 7) is -0.117. The number of carboxylic acids is 3. The molecule has 57 heavy (non-hydrogen) atoms. The highest BCUT2D eigenvalue weighted by Crippen LogP contribution is 2.32. The van der Waals surface area contributed by atoms with E-state index in [2.05, 4.69) is 4.72 Å². The molecule has 4 N–H and O–H groups in total. The Morgan fingerprint density at radius 1 is 0.509 bits per heavy atom. The number of rotatable bonds is 15. The second kappa shape index (κ2) is 15.6. The smallest absolute Gasteiger partial charge is 0.339 e. The molecular formula is C44H35NO11S. The van der Waals surface area contributed by atoms with Crippen molar-refractivity contribution in [3.8, 4) is 17.2 Å². The number of hydrogen-bond donors (Lipinski definition) is 4. The molecule has 0 fully saturated rings. The monoisotopic (exact) mass is 785 g/mol. The van der Waals surface area contributed by atoms with Crippen molar-refractivity contribution < 1.29 is 52.3 Å². The maximum Gasteiger partial charge on any atom is 0.339 e. The maximum absolute atomic E-state index is 14.3. The zero-order valence-corrected chi connectivity index (χ0v) is 31.2. The summed E-state index contributed by atoms with van der Waals surface area (Å²) >= 11 is 0. The van der Waals surface area contributed by atoms with Crippen molar-refractivity contribution in [3.05, 3.63) is 156 Å². The summed E-state index contributed by atoms with van der Waals surface area (Å²) in [6.07, 6.45) is 0. The Hall–Kier alpha value is -6.96. The number of ether oxygens (including phenoxy) is 3. The van der Waals surface area contributed by atoms with Gasteiger partial charge in [0.1, 0.15) is 59.3 Å². The Kier molecular flexibility index (Phi) is 10.5. The van der Waals surface area contributed by atoms with Crippen LogP contribution in [0.1, 0.15) is 36.6 Å². The molecular weight excluding hydrogens is 751 g/mol. The van der Waals surface area contributed by atoms with Crippen LogP contribution < -0.4 is 18.9 Å². The molecule has 0 radical (unpaired) electrons. The Bertz CT molecular complexity index is 2560. The highest BCUT2D eigenvalue weighted by molar-refractivity contribution is 7.89. The summed E-state index contributed by atoms with van der Waals surface area (Å²) in [7, 11) is -4.47. The van der Waals surface area contributed by atoms with Crippen molar-refractivity contribution in [1.29, 1.82) is 0 Å². The van der Waals surface area contributed by atoms with Gasteiger partial charge in [0.2, 0.25) is 10.0 Å². The first-order valence-electron chi connectivity index (χ1n) is 17.6. The second-order valence-electron chi connectivity index (χ2n) is 13.6. The number of aromatic carboxylic acids is 3. The number of sulfonamides is 1. The van der Waals surface area contributed by atoms with Crippen LogP contribution in [0, 0.1) is 6.92 Å². The molecule has 0 aliphatic carbocycles. The van der Waals surface area contributed by atoms with E-state index in [-0.39, 0.29) is 38.8 Å². The average Bonchev–Trinajstić information content (AvgIpc) is 3.20. The van der Waals surface area contributed by atoms with E-state index in [1.807, 2.05) is 0 Å². The SMILES string of the molecule is Cc1ccc(S(=O)(=O)NC(COc2cc3ccccc3cc2C(=O)O)(COc2cc3ccccc3cc2C(=O)O)COc2cc3ccccc3cc2C(=O)O)cc1. The molecule has 288 valence electrons.